The molecule has 3 rings (SSSR count). The van der Waals surface area contributed by atoms with Gasteiger partial charge in [0, 0.05) is 29.4 Å². The fraction of sp³-hybridized carbons (Fsp3) is 0.538. The number of benzene rings is 1. The minimum atomic E-state index is -0.371. The van der Waals surface area contributed by atoms with Crippen molar-refractivity contribution in [3.63, 3.8) is 0 Å². The Morgan fingerprint density at radius 1 is 1.23 bits per heavy atom. The van der Waals surface area contributed by atoms with Crippen molar-refractivity contribution in [2.45, 2.75) is 60.3 Å². The molecule has 0 saturated heterocycles. The van der Waals surface area contributed by atoms with E-state index in [1.54, 1.807) is 12.1 Å². The molecule has 168 valence electrons. The number of allylic oxidation sites excluding steroid dienone is 2. The number of carbonyl (C=O) groups is 1. The lowest BCUT2D eigenvalue weighted by Gasteiger charge is -2.48. The fourth-order valence-electron chi connectivity index (χ4n) is 4.83. The first-order valence-electron chi connectivity index (χ1n) is 11.2. The average molecular weight is 427 g/mol. The van der Waals surface area contributed by atoms with Crippen LogP contribution in [0, 0.1) is 17.3 Å². The van der Waals surface area contributed by atoms with Gasteiger partial charge in [-0.15, -0.1) is 0 Å². The van der Waals surface area contributed by atoms with Crippen LogP contribution in [-0.4, -0.2) is 19.2 Å². The topological polar surface area (TPSA) is 65.7 Å². The summed E-state index contributed by atoms with van der Waals surface area (Å²) >= 11 is 0. The van der Waals surface area contributed by atoms with E-state index in [9.17, 15) is 9.59 Å². The molecule has 3 atom stereocenters. The summed E-state index contributed by atoms with van der Waals surface area (Å²) in [7, 11) is 0. The van der Waals surface area contributed by atoms with Crippen LogP contribution >= 0.6 is 0 Å². The van der Waals surface area contributed by atoms with Crippen LogP contribution < -0.4 is 10.4 Å². The van der Waals surface area contributed by atoms with Crippen LogP contribution in [0.25, 0.3) is 11.0 Å². The third-order valence-corrected chi connectivity index (χ3v) is 6.92. The maximum absolute atomic E-state index is 12.1. The number of esters is 1. The predicted molar refractivity (Wildman–Crippen MR) is 122 cm³/mol. The lowest BCUT2D eigenvalue weighted by Crippen LogP contribution is -2.44. The van der Waals surface area contributed by atoms with Crippen molar-refractivity contribution in [2.24, 2.45) is 17.3 Å². The van der Waals surface area contributed by atoms with Gasteiger partial charge >= 0.3 is 11.6 Å². The second-order valence-corrected chi connectivity index (χ2v) is 9.11. The fourth-order valence-corrected chi connectivity index (χ4v) is 4.83. The van der Waals surface area contributed by atoms with E-state index in [-0.39, 0.29) is 22.9 Å². The van der Waals surface area contributed by atoms with E-state index in [0.29, 0.717) is 36.9 Å². The molecular formula is C26H34O5. The maximum atomic E-state index is 12.1. The van der Waals surface area contributed by atoms with Crippen molar-refractivity contribution in [1.82, 2.24) is 0 Å². The lowest BCUT2D eigenvalue weighted by molar-refractivity contribution is -0.143. The van der Waals surface area contributed by atoms with Crippen LogP contribution in [0.15, 0.2) is 50.7 Å². The molecule has 0 spiro atoms. The molecular weight excluding hydrogens is 392 g/mol. The Hall–Kier alpha value is -2.56. The molecule has 0 aliphatic heterocycles. The number of hydrogen-bond acceptors (Lipinski definition) is 5. The molecule has 1 heterocycles. The molecule has 1 aromatic heterocycles. The Bertz CT molecular complexity index is 1010. The quantitative estimate of drug-likeness (QED) is 0.313. The van der Waals surface area contributed by atoms with Crippen LogP contribution in [0.3, 0.4) is 0 Å². The molecule has 0 radical (unpaired) electrons. The Morgan fingerprint density at radius 3 is 2.68 bits per heavy atom. The second kappa shape index (κ2) is 9.71. The van der Waals surface area contributed by atoms with Gasteiger partial charge in [-0.05, 0) is 70.1 Å². The number of fused-ring (bicyclic) bond motifs is 1. The van der Waals surface area contributed by atoms with Gasteiger partial charge < -0.3 is 13.9 Å². The zero-order chi connectivity index (χ0) is 22.6. The number of ether oxygens (including phenoxy) is 2. The van der Waals surface area contributed by atoms with Crippen LogP contribution in [-0.2, 0) is 9.53 Å². The van der Waals surface area contributed by atoms with Crippen LogP contribution in [0.2, 0.25) is 0 Å². The van der Waals surface area contributed by atoms with Gasteiger partial charge in [-0.1, -0.05) is 25.0 Å². The zero-order valence-corrected chi connectivity index (χ0v) is 19.3. The van der Waals surface area contributed by atoms with Gasteiger partial charge in [0.1, 0.15) is 11.3 Å². The first-order chi connectivity index (χ1) is 14.7. The molecule has 1 fully saturated rings. The van der Waals surface area contributed by atoms with Crippen molar-refractivity contribution in [3.8, 4) is 5.75 Å². The Labute approximate surface area is 184 Å². The zero-order valence-electron chi connectivity index (χ0n) is 19.3. The number of rotatable bonds is 7. The molecule has 1 saturated carbocycles. The SMILES string of the molecule is CCOC(=O)CC[C@H]1C(=C(C)C)CC[C@H](C)[C@]1(C)COc1ccc2ccc(=O)oc2c1. The number of hydrogen-bond donors (Lipinski definition) is 0. The van der Waals surface area contributed by atoms with Crippen LogP contribution in [0.1, 0.15) is 60.3 Å². The second-order valence-electron chi connectivity index (χ2n) is 9.11. The van der Waals surface area contributed by atoms with Gasteiger partial charge in [0.25, 0.3) is 0 Å². The highest BCUT2D eigenvalue weighted by Gasteiger charge is 2.45. The van der Waals surface area contributed by atoms with Crippen molar-refractivity contribution < 1.29 is 18.7 Å². The van der Waals surface area contributed by atoms with E-state index in [0.717, 1.165) is 24.6 Å². The monoisotopic (exact) mass is 426 g/mol. The van der Waals surface area contributed by atoms with E-state index in [2.05, 4.69) is 27.7 Å². The lowest BCUT2D eigenvalue weighted by atomic mass is 9.58. The van der Waals surface area contributed by atoms with Gasteiger partial charge in [0.15, 0.2) is 0 Å². The highest BCUT2D eigenvalue weighted by atomic mass is 16.5. The van der Waals surface area contributed by atoms with E-state index >= 15 is 0 Å². The molecule has 0 unspecified atom stereocenters. The first-order valence-corrected chi connectivity index (χ1v) is 11.2. The smallest absolute Gasteiger partial charge is 0.336 e. The Kier molecular flexibility index (Phi) is 7.24. The third kappa shape index (κ3) is 5.20. The third-order valence-electron chi connectivity index (χ3n) is 6.92. The van der Waals surface area contributed by atoms with Gasteiger partial charge in [-0.2, -0.15) is 0 Å². The van der Waals surface area contributed by atoms with E-state index in [4.69, 9.17) is 13.9 Å². The summed E-state index contributed by atoms with van der Waals surface area (Å²) in [6, 6.07) is 8.77. The molecule has 0 amide bonds. The molecule has 5 nitrogen and oxygen atoms in total. The highest BCUT2D eigenvalue weighted by molar-refractivity contribution is 5.77. The van der Waals surface area contributed by atoms with Crippen molar-refractivity contribution >= 4 is 16.9 Å². The molecule has 0 bridgehead atoms. The molecule has 1 aliphatic carbocycles. The summed E-state index contributed by atoms with van der Waals surface area (Å²) in [4.78, 5) is 23.6. The summed E-state index contributed by atoms with van der Waals surface area (Å²) in [6.07, 6.45) is 3.34. The molecule has 1 aliphatic rings. The summed E-state index contributed by atoms with van der Waals surface area (Å²) in [6.45, 7) is 11.7. The van der Waals surface area contributed by atoms with Crippen molar-refractivity contribution in [3.05, 3.63) is 51.9 Å². The Balaban J connectivity index is 1.84. The summed E-state index contributed by atoms with van der Waals surface area (Å²) in [5.41, 5.74) is 2.81. The van der Waals surface area contributed by atoms with E-state index < -0.39 is 0 Å². The van der Waals surface area contributed by atoms with Gasteiger partial charge in [-0.3, -0.25) is 4.79 Å². The van der Waals surface area contributed by atoms with Gasteiger partial charge in [0.2, 0.25) is 0 Å². The largest absolute Gasteiger partial charge is 0.493 e. The molecule has 0 N–H and O–H groups in total. The summed E-state index contributed by atoms with van der Waals surface area (Å²) < 4.78 is 16.8. The Morgan fingerprint density at radius 2 is 1.97 bits per heavy atom. The van der Waals surface area contributed by atoms with Gasteiger partial charge in [0.05, 0.1) is 13.2 Å². The number of carbonyl (C=O) groups excluding carboxylic acids is 1. The molecule has 2 aromatic rings. The predicted octanol–water partition coefficient (Wildman–Crippen LogP) is 5.90. The van der Waals surface area contributed by atoms with Crippen molar-refractivity contribution in [2.75, 3.05) is 13.2 Å². The molecule has 31 heavy (non-hydrogen) atoms. The maximum Gasteiger partial charge on any atom is 0.336 e. The average Bonchev–Trinajstić information content (AvgIpc) is 2.73. The van der Waals surface area contributed by atoms with Crippen LogP contribution in [0.5, 0.6) is 5.75 Å². The van der Waals surface area contributed by atoms with Crippen molar-refractivity contribution in [1.29, 1.82) is 0 Å². The first kappa shape index (κ1) is 23.1. The summed E-state index contributed by atoms with van der Waals surface area (Å²) in [5.74, 6) is 1.25. The molecule has 5 heteroatoms. The summed E-state index contributed by atoms with van der Waals surface area (Å²) in [5, 5.41) is 0.864. The standard InChI is InChI=1S/C26H34O5/c1-6-29-24(27)14-12-22-21(17(2)3)11-7-18(4)26(22,5)16-30-20-10-8-19-9-13-25(28)31-23(19)15-20/h8-10,13,15,18,22H,6-7,11-12,14,16H2,1-5H3/t18-,22-,26-/m0/s1. The van der Waals surface area contributed by atoms with E-state index in [1.165, 1.54) is 17.2 Å². The van der Waals surface area contributed by atoms with E-state index in [1.807, 2.05) is 19.1 Å². The van der Waals surface area contributed by atoms with Gasteiger partial charge in [-0.25, -0.2) is 4.79 Å². The molecule has 1 aromatic carbocycles. The normalized spacial score (nSPS) is 23.6. The minimum absolute atomic E-state index is 0.121. The minimum Gasteiger partial charge on any atom is -0.493 e. The van der Waals surface area contributed by atoms with Crippen LogP contribution in [0.4, 0.5) is 0 Å². The highest BCUT2D eigenvalue weighted by Crippen LogP contribution is 2.51.